The molecule has 0 aliphatic carbocycles. The molecule has 0 saturated carbocycles. The Morgan fingerprint density at radius 2 is 2.00 bits per heavy atom. The van der Waals surface area contributed by atoms with Gasteiger partial charge in [-0.15, -0.1) is 11.6 Å². The maximum Gasteiger partial charge on any atom is 0.118 e. The highest BCUT2D eigenvalue weighted by Crippen LogP contribution is 2.11. The van der Waals surface area contributed by atoms with E-state index < -0.39 is 6.10 Å². The lowest BCUT2D eigenvalue weighted by Gasteiger charge is -2.04. The standard InChI is InChI=1S/C14H19ClO3/c1-17-14-7-5-12(6-8-14)11-18-9-3-2-4-13(16)10-15/h2-3,5-8,13,16H,4,9-11H2,1H3/b3-2+/t13-/m0/s1. The minimum atomic E-state index is -0.468. The molecule has 4 heteroatoms. The Balaban J connectivity index is 2.17. The Morgan fingerprint density at radius 1 is 1.28 bits per heavy atom. The summed E-state index contributed by atoms with van der Waals surface area (Å²) in [6, 6.07) is 7.76. The fourth-order valence-electron chi connectivity index (χ4n) is 1.35. The summed E-state index contributed by atoms with van der Waals surface area (Å²) < 4.78 is 10.5. The number of benzene rings is 1. The van der Waals surface area contributed by atoms with Crippen molar-refractivity contribution >= 4 is 11.6 Å². The summed E-state index contributed by atoms with van der Waals surface area (Å²) in [5, 5.41) is 9.21. The number of methoxy groups -OCH3 is 1. The molecule has 0 saturated heterocycles. The first kappa shape index (κ1) is 15.0. The largest absolute Gasteiger partial charge is 0.497 e. The van der Waals surface area contributed by atoms with E-state index >= 15 is 0 Å². The molecule has 100 valence electrons. The molecule has 0 radical (unpaired) electrons. The summed E-state index contributed by atoms with van der Waals surface area (Å²) in [5.41, 5.74) is 1.10. The van der Waals surface area contributed by atoms with Crippen molar-refractivity contribution in [1.82, 2.24) is 0 Å². The Morgan fingerprint density at radius 3 is 2.61 bits per heavy atom. The highest BCUT2D eigenvalue weighted by atomic mass is 35.5. The molecule has 1 aromatic rings. The number of hydrogen-bond acceptors (Lipinski definition) is 3. The highest BCUT2D eigenvalue weighted by molar-refractivity contribution is 6.18. The SMILES string of the molecule is COc1ccc(COC/C=C/C[C@H](O)CCl)cc1. The molecule has 3 nitrogen and oxygen atoms in total. The van der Waals surface area contributed by atoms with Crippen LogP contribution in [0.5, 0.6) is 5.75 Å². The molecular formula is C14H19ClO3. The number of aliphatic hydroxyl groups excluding tert-OH is 1. The molecule has 1 rings (SSSR count). The van der Waals surface area contributed by atoms with Gasteiger partial charge in [0.05, 0.1) is 26.4 Å². The summed E-state index contributed by atoms with van der Waals surface area (Å²) in [7, 11) is 1.64. The molecule has 0 aliphatic heterocycles. The minimum absolute atomic E-state index is 0.261. The molecule has 1 atom stereocenters. The lowest BCUT2D eigenvalue weighted by atomic mass is 10.2. The van der Waals surface area contributed by atoms with Gasteiger partial charge in [0.25, 0.3) is 0 Å². The van der Waals surface area contributed by atoms with Gasteiger partial charge in [0, 0.05) is 5.88 Å². The lowest BCUT2D eigenvalue weighted by Crippen LogP contribution is -2.05. The minimum Gasteiger partial charge on any atom is -0.497 e. The van der Waals surface area contributed by atoms with Gasteiger partial charge in [-0.3, -0.25) is 0 Å². The maximum atomic E-state index is 9.21. The van der Waals surface area contributed by atoms with Crippen molar-refractivity contribution in [2.24, 2.45) is 0 Å². The zero-order chi connectivity index (χ0) is 13.2. The van der Waals surface area contributed by atoms with Crippen molar-refractivity contribution in [3.05, 3.63) is 42.0 Å². The van der Waals surface area contributed by atoms with E-state index in [-0.39, 0.29) is 5.88 Å². The van der Waals surface area contributed by atoms with Crippen molar-refractivity contribution in [3.8, 4) is 5.75 Å². The van der Waals surface area contributed by atoms with Gasteiger partial charge in [0.2, 0.25) is 0 Å². The first-order chi connectivity index (χ1) is 8.76. The third-order valence-corrected chi connectivity index (χ3v) is 2.75. The Bertz CT molecular complexity index is 349. The summed E-state index contributed by atoms with van der Waals surface area (Å²) in [6.45, 7) is 1.09. The smallest absolute Gasteiger partial charge is 0.118 e. The van der Waals surface area contributed by atoms with Gasteiger partial charge in [-0.05, 0) is 24.1 Å². The first-order valence-electron chi connectivity index (χ1n) is 5.86. The van der Waals surface area contributed by atoms with E-state index in [1.807, 2.05) is 36.4 Å². The topological polar surface area (TPSA) is 38.7 Å². The summed E-state index contributed by atoms with van der Waals surface area (Å²) >= 11 is 5.47. The van der Waals surface area contributed by atoms with Crippen LogP contribution in [0.15, 0.2) is 36.4 Å². The molecule has 0 unspecified atom stereocenters. The molecule has 0 aromatic heterocycles. The van der Waals surface area contributed by atoms with E-state index in [0.29, 0.717) is 19.6 Å². The number of alkyl halides is 1. The second-order valence-electron chi connectivity index (χ2n) is 3.88. The summed E-state index contributed by atoms with van der Waals surface area (Å²) in [5.74, 6) is 1.10. The van der Waals surface area contributed by atoms with E-state index in [4.69, 9.17) is 21.1 Å². The molecule has 0 amide bonds. The number of hydrogen-bond donors (Lipinski definition) is 1. The van der Waals surface area contributed by atoms with Crippen LogP contribution in [-0.4, -0.2) is 30.8 Å². The predicted octanol–water partition coefficient (Wildman–Crippen LogP) is 2.76. The maximum absolute atomic E-state index is 9.21. The van der Waals surface area contributed by atoms with E-state index in [1.165, 1.54) is 0 Å². The van der Waals surface area contributed by atoms with Gasteiger partial charge in [-0.25, -0.2) is 0 Å². The highest BCUT2D eigenvalue weighted by Gasteiger charge is 1.97. The Hall–Kier alpha value is -1.03. The number of ether oxygens (including phenoxy) is 2. The molecule has 1 aromatic carbocycles. The fraction of sp³-hybridized carbons (Fsp3) is 0.429. The third kappa shape index (κ3) is 6.05. The molecule has 1 N–H and O–H groups in total. The van der Waals surface area contributed by atoms with Crippen LogP contribution in [-0.2, 0) is 11.3 Å². The fourth-order valence-corrected chi connectivity index (χ4v) is 1.48. The molecule has 0 fully saturated rings. The Labute approximate surface area is 113 Å². The zero-order valence-electron chi connectivity index (χ0n) is 10.5. The van der Waals surface area contributed by atoms with Gasteiger partial charge in [-0.2, -0.15) is 0 Å². The van der Waals surface area contributed by atoms with Crippen LogP contribution in [0, 0.1) is 0 Å². The summed E-state index contributed by atoms with van der Waals surface area (Å²) in [6.07, 6.45) is 3.86. The van der Waals surface area contributed by atoms with E-state index in [1.54, 1.807) is 7.11 Å². The van der Waals surface area contributed by atoms with Crippen molar-refractivity contribution in [2.45, 2.75) is 19.1 Å². The van der Waals surface area contributed by atoms with Crippen LogP contribution in [0.25, 0.3) is 0 Å². The van der Waals surface area contributed by atoms with Crippen molar-refractivity contribution < 1.29 is 14.6 Å². The van der Waals surface area contributed by atoms with Gasteiger partial charge < -0.3 is 14.6 Å². The average molecular weight is 271 g/mol. The molecule has 0 spiro atoms. The number of aliphatic hydroxyl groups is 1. The first-order valence-corrected chi connectivity index (χ1v) is 6.39. The van der Waals surface area contributed by atoms with Crippen molar-refractivity contribution in [1.29, 1.82) is 0 Å². The monoisotopic (exact) mass is 270 g/mol. The normalized spacial score (nSPS) is 12.8. The van der Waals surface area contributed by atoms with Crippen molar-refractivity contribution in [3.63, 3.8) is 0 Å². The van der Waals surface area contributed by atoms with Gasteiger partial charge >= 0.3 is 0 Å². The van der Waals surface area contributed by atoms with Crippen molar-refractivity contribution in [2.75, 3.05) is 19.6 Å². The molecule has 0 bridgehead atoms. The van der Waals surface area contributed by atoms with Gasteiger partial charge in [-0.1, -0.05) is 24.3 Å². The summed E-state index contributed by atoms with van der Waals surface area (Å²) in [4.78, 5) is 0. The zero-order valence-corrected chi connectivity index (χ0v) is 11.3. The second-order valence-corrected chi connectivity index (χ2v) is 4.19. The Kier molecular flexibility index (Phi) is 7.49. The van der Waals surface area contributed by atoms with Crippen LogP contribution >= 0.6 is 11.6 Å². The molecule has 0 heterocycles. The van der Waals surface area contributed by atoms with E-state index in [9.17, 15) is 5.11 Å². The van der Waals surface area contributed by atoms with Crippen LogP contribution < -0.4 is 4.74 Å². The lowest BCUT2D eigenvalue weighted by molar-refractivity contribution is 0.148. The van der Waals surface area contributed by atoms with Crippen LogP contribution in [0.3, 0.4) is 0 Å². The average Bonchev–Trinajstić information content (AvgIpc) is 2.43. The van der Waals surface area contributed by atoms with Gasteiger partial charge in [0.1, 0.15) is 5.75 Å². The quantitative estimate of drug-likeness (QED) is 0.448. The van der Waals surface area contributed by atoms with E-state index in [2.05, 4.69) is 0 Å². The number of halogens is 1. The van der Waals surface area contributed by atoms with Crippen LogP contribution in [0.4, 0.5) is 0 Å². The third-order valence-electron chi connectivity index (χ3n) is 2.39. The second kappa shape index (κ2) is 8.97. The van der Waals surface area contributed by atoms with Crippen LogP contribution in [0.2, 0.25) is 0 Å². The van der Waals surface area contributed by atoms with Gasteiger partial charge in [0.15, 0.2) is 0 Å². The predicted molar refractivity (Wildman–Crippen MR) is 73.1 cm³/mol. The van der Waals surface area contributed by atoms with Crippen LogP contribution in [0.1, 0.15) is 12.0 Å². The molecular weight excluding hydrogens is 252 g/mol. The van der Waals surface area contributed by atoms with E-state index in [0.717, 1.165) is 11.3 Å². The molecule has 18 heavy (non-hydrogen) atoms. The molecule has 0 aliphatic rings. The number of rotatable bonds is 8.